The quantitative estimate of drug-likeness (QED) is 0.497. The number of hydrogen-bond acceptors (Lipinski definition) is 5. The van der Waals surface area contributed by atoms with Crippen LogP contribution < -0.4 is 0 Å². The summed E-state index contributed by atoms with van der Waals surface area (Å²) < 4.78 is 43.6. The molecule has 0 N–H and O–H groups in total. The van der Waals surface area contributed by atoms with Crippen molar-refractivity contribution in [3.63, 3.8) is 0 Å². The summed E-state index contributed by atoms with van der Waals surface area (Å²) in [5.41, 5.74) is 0.248. The molecule has 0 aliphatic rings. The number of ketones is 1. The summed E-state index contributed by atoms with van der Waals surface area (Å²) in [5.74, 6) is -1.17. The number of hydrogen-bond donors (Lipinski definition) is 0. The Morgan fingerprint density at radius 3 is 2.41 bits per heavy atom. The fourth-order valence-electron chi connectivity index (χ4n) is 2.53. The van der Waals surface area contributed by atoms with E-state index >= 15 is 0 Å². The van der Waals surface area contributed by atoms with Crippen molar-refractivity contribution in [1.29, 1.82) is 5.26 Å². The maximum Gasteiger partial charge on any atom is 0.416 e. The number of alkyl halides is 3. The maximum atomic E-state index is 12.7. The van der Waals surface area contributed by atoms with Crippen LogP contribution in [-0.4, -0.2) is 16.7 Å². The van der Waals surface area contributed by atoms with Crippen LogP contribution >= 0.6 is 0 Å². The second kappa shape index (κ2) is 9.64. The average Bonchev–Trinajstić information content (AvgIpc) is 2.66. The number of rotatable bonds is 7. The van der Waals surface area contributed by atoms with Crippen molar-refractivity contribution >= 4 is 17.8 Å². The molecule has 0 bridgehead atoms. The fraction of sp³-hybridized carbons (Fsp3) is 0.238. The van der Waals surface area contributed by atoms with Gasteiger partial charge in [0.2, 0.25) is 0 Å². The summed E-state index contributed by atoms with van der Waals surface area (Å²) in [6.07, 6.45) is -3.16. The van der Waals surface area contributed by atoms with Gasteiger partial charge in [0.05, 0.1) is 23.7 Å². The molecule has 8 heteroatoms. The third kappa shape index (κ3) is 6.57. The lowest BCUT2D eigenvalue weighted by Gasteiger charge is -2.19. The number of benzene rings is 1. The lowest BCUT2D eigenvalue weighted by Crippen LogP contribution is -2.16. The normalized spacial score (nSPS) is 12.7. The lowest BCUT2D eigenvalue weighted by atomic mass is 9.99. The van der Waals surface area contributed by atoms with Gasteiger partial charge in [0.15, 0.2) is 6.10 Å². The summed E-state index contributed by atoms with van der Waals surface area (Å²) in [6, 6.07) is 11.2. The van der Waals surface area contributed by atoms with Gasteiger partial charge in [-0.3, -0.25) is 14.6 Å². The molecule has 150 valence electrons. The smallest absolute Gasteiger partial charge is 0.416 e. The second-order valence-electron chi connectivity index (χ2n) is 6.18. The zero-order valence-electron chi connectivity index (χ0n) is 15.4. The van der Waals surface area contributed by atoms with Crippen LogP contribution in [0.2, 0.25) is 0 Å². The van der Waals surface area contributed by atoms with Gasteiger partial charge in [0.25, 0.3) is 0 Å². The predicted molar refractivity (Wildman–Crippen MR) is 98.0 cm³/mol. The Balaban J connectivity index is 2.42. The molecule has 5 nitrogen and oxygen atoms in total. The molecule has 0 saturated carbocycles. The Labute approximate surface area is 165 Å². The van der Waals surface area contributed by atoms with Crippen LogP contribution in [-0.2, 0) is 20.5 Å². The van der Waals surface area contributed by atoms with E-state index in [0.29, 0.717) is 16.8 Å². The van der Waals surface area contributed by atoms with E-state index < -0.39 is 30.2 Å². The van der Waals surface area contributed by atoms with Gasteiger partial charge in [-0.05, 0) is 42.3 Å². The largest absolute Gasteiger partial charge is 0.451 e. The number of esters is 1. The first kappa shape index (κ1) is 21.8. The van der Waals surface area contributed by atoms with Crippen molar-refractivity contribution in [2.24, 2.45) is 0 Å². The van der Waals surface area contributed by atoms with E-state index in [0.717, 1.165) is 12.1 Å². The van der Waals surface area contributed by atoms with E-state index in [2.05, 4.69) is 4.98 Å². The Morgan fingerprint density at radius 1 is 1.21 bits per heavy atom. The molecule has 0 aliphatic carbocycles. The Bertz CT molecular complexity index is 930. The zero-order valence-corrected chi connectivity index (χ0v) is 15.4. The summed E-state index contributed by atoms with van der Waals surface area (Å²) in [5, 5.41) is 9.19. The van der Waals surface area contributed by atoms with Crippen LogP contribution in [0.5, 0.6) is 0 Å². The van der Waals surface area contributed by atoms with E-state index in [1.807, 2.05) is 6.07 Å². The highest BCUT2D eigenvalue weighted by Gasteiger charge is 2.30. The monoisotopic (exact) mass is 402 g/mol. The third-order valence-electron chi connectivity index (χ3n) is 3.81. The second-order valence-corrected chi connectivity index (χ2v) is 6.18. The molecule has 1 aromatic carbocycles. The molecule has 0 radical (unpaired) electrons. The van der Waals surface area contributed by atoms with E-state index in [1.54, 1.807) is 18.2 Å². The maximum absolute atomic E-state index is 12.7. The molecular weight excluding hydrogens is 385 g/mol. The van der Waals surface area contributed by atoms with Gasteiger partial charge >= 0.3 is 12.1 Å². The topological polar surface area (TPSA) is 80.0 Å². The number of nitriles is 1. The molecule has 2 aromatic rings. The lowest BCUT2D eigenvalue weighted by molar-refractivity contribution is -0.149. The number of nitrogens with zero attached hydrogens (tertiary/aromatic N) is 2. The molecule has 29 heavy (non-hydrogen) atoms. The molecule has 1 heterocycles. The van der Waals surface area contributed by atoms with Gasteiger partial charge in [-0.2, -0.15) is 18.4 Å². The zero-order chi connectivity index (χ0) is 21.4. The number of Topliss-reactive ketones (excluding diaryl/α,β-unsaturated/α-hetero) is 1. The SMILES string of the molecule is CC(=O)CC(=O)OC(/C(=C/c1ccc(C(F)(F)F)cc1)CC#N)c1ccccn1. The van der Waals surface area contributed by atoms with E-state index in [4.69, 9.17) is 4.74 Å². The summed E-state index contributed by atoms with van der Waals surface area (Å²) >= 11 is 0. The van der Waals surface area contributed by atoms with Crippen LogP contribution in [0.25, 0.3) is 6.08 Å². The number of halogens is 3. The van der Waals surface area contributed by atoms with Crippen molar-refractivity contribution in [3.05, 3.63) is 71.1 Å². The van der Waals surface area contributed by atoms with Crippen LogP contribution in [0.3, 0.4) is 0 Å². The molecule has 1 atom stereocenters. The van der Waals surface area contributed by atoms with Gasteiger partial charge in [0, 0.05) is 6.20 Å². The molecule has 0 amide bonds. The molecule has 0 aliphatic heterocycles. The Hall–Kier alpha value is -3.47. The third-order valence-corrected chi connectivity index (χ3v) is 3.81. The van der Waals surface area contributed by atoms with Crippen LogP contribution in [0.1, 0.15) is 42.7 Å². The van der Waals surface area contributed by atoms with E-state index in [9.17, 15) is 28.0 Å². The Morgan fingerprint density at radius 2 is 1.90 bits per heavy atom. The first-order valence-corrected chi connectivity index (χ1v) is 8.55. The minimum atomic E-state index is -4.46. The van der Waals surface area contributed by atoms with E-state index in [-0.39, 0.29) is 12.2 Å². The van der Waals surface area contributed by atoms with Crippen LogP contribution in [0.4, 0.5) is 13.2 Å². The van der Waals surface area contributed by atoms with Crippen molar-refractivity contribution in [3.8, 4) is 6.07 Å². The highest BCUT2D eigenvalue weighted by atomic mass is 19.4. The van der Waals surface area contributed by atoms with Crippen molar-refractivity contribution in [2.75, 3.05) is 0 Å². The van der Waals surface area contributed by atoms with Crippen molar-refractivity contribution < 1.29 is 27.5 Å². The van der Waals surface area contributed by atoms with E-state index in [1.165, 1.54) is 31.3 Å². The molecule has 0 saturated heterocycles. The molecule has 0 fully saturated rings. The highest BCUT2D eigenvalue weighted by Crippen LogP contribution is 2.31. The first-order chi connectivity index (χ1) is 13.7. The summed E-state index contributed by atoms with van der Waals surface area (Å²) in [7, 11) is 0. The highest BCUT2D eigenvalue weighted by molar-refractivity contribution is 5.94. The van der Waals surface area contributed by atoms with Crippen LogP contribution in [0, 0.1) is 11.3 Å². The van der Waals surface area contributed by atoms with Crippen molar-refractivity contribution in [1.82, 2.24) is 4.98 Å². The summed E-state index contributed by atoms with van der Waals surface area (Å²) in [6.45, 7) is 1.24. The number of ether oxygens (including phenoxy) is 1. The molecule has 2 rings (SSSR count). The van der Waals surface area contributed by atoms with Gasteiger partial charge in [-0.25, -0.2) is 0 Å². The minimum absolute atomic E-state index is 0.157. The van der Waals surface area contributed by atoms with Gasteiger partial charge in [-0.15, -0.1) is 0 Å². The van der Waals surface area contributed by atoms with Crippen LogP contribution in [0.15, 0.2) is 54.2 Å². The number of pyridine rings is 1. The molecular formula is C21H17F3N2O3. The molecule has 1 aromatic heterocycles. The standard InChI is InChI=1S/C21H17F3N2O3/c1-14(27)12-19(28)29-20(18-4-2-3-11-26-18)16(9-10-25)13-15-5-7-17(8-6-15)21(22,23)24/h2-8,11,13,20H,9,12H2,1H3/b16-13+. The first-order valence-electron chi connectivity index (χ1n) is 8.55. The van der Waals surface area contributed by atoms with Gasteiger partial charge < -0.3 is 4.74 Å². The molecule has 0 spiro atoms. The Kier molecular flexibility index (Phi) is 7.26. The minimum Gasteiger partial charge on any atom is -0.451 e. The number of carbonyl (C=O) groups is 2. The predicted octanol–water partition coefficient (Wildman–Crippen LogP) is 4.66. The number of aromatic nitrogens is 1. The number of carbonyl (C=O) groups excluding carboxylic acids is 2. The summed E-state index contributed by atoms with van der Waals surface area (Å²) in [4.78, 5) is 27.4. The average molecular weight is 402 g/mol. The van der Waals surface area contributed by atoms with Gasteiger partial charge in [0.1, 0.15) is 12.2 Å². The van der Waals surface area contributed by atoms with Gasteiger partial charge in [-0.1, -0.05) is 24.3 Å². The molecule has 1 unspecified atom stereocenters. The van der Waals surface area contributed by atoms with Crippen molar-refractivity contribution in [2.45, 2.75) is 32.0 Å². The fourth-order valence-corrected chi connectivity index (χ4v) is 2.53.